The maximum Gasteiger partial charge on any atom is 0.319 e. The van der Waals surface area contributed by atoms with Gasteiger partial charge in [-0.2, -0.15) is 0 Å². The van der Waals surface area contributed by atoms with Crippen molar-refractivity contribution >= 4 is 11.7 Å². The molecule has 4 nitrogen and oxygen atoms in total. The molecule has 138 valence electrons. The maximum absolute atomic E-state index is 11.9. The number of carbonyl (C=O) groups excluding carboxylic acids is 1. The molecule has 0 spiro atoms. The van der Waals surface area contributed by atoms with Gasteiger partial charge in [0.2, 0.25) is 0 Å². The topological polar surface area (TPSA) is 44.4 Å². The molecule has 1 rings (SSSR count). The molecule has 1 aromatic carbocycles. The molecule has 0 fully saturated rings. The van der Waals surface area contributed by atoms with Crippen LogP contribution in [0.3, 0.4) is 0 Å². The van der Waals surface area contributed by atoms with Crippen molar-refractivity contribution in [2.75, 3.05) is 31.5 Å². The van der Waals surface area contributed by atoms with Crippen molar-refractivity contribution in [3.05, 3.63) is 29.8 Å². The summed E-state index contributed by atoms with van der Waals surface area (Å²) in [5.74, 6) is 0. The summed E-state index contributed by atoms with van der Waals surface area (Å²) in [5.41, 5.74) is 1.98. The third-order valence-corrected chi connectivity index (χ3v) is 3.65. The molecule has 24 heavy (non-hydrogen) atoms. The number of anilines is 1. The van der Waals surface area contributed by atoms with E-state index in [1.54, 1.807) is 0 Å². The summed E-state index contributed by atoms with van der Waals surface area (Å²) in [4.78, 5) is 14.3. The molecule has 1 aromatic rings. The van der Waals surface area contributed by atoms with Gasteiger partial charge in [0.1, 0.15) is 0 Å². The fourth-order valence-electron chi connectivity index (χ4n) is 2.32. The second-order valence-electron chi connectivity index (χ2n) is 5.80. The lowest BCUT2D eigenvalue weighted by molar-refractivity contribution is 0.243. The lowest BCUT2D eigenvalue weighted by Crippen LogP contribution is -2.37. The van der Waals surface area contributed by atoms with E-state index >= 15 is 0 Å². The van der Waals surface area contributed by atoms with Gasteiger partial charge >= 0.3 is 6.03 Å². The number of hydrogen-bond donors (Lipinski definition) is 2. The van der Waals surface area contributed by atoms with Gasteiger partial charge in [-0.05, 0) is 50.6 Å². The first-order chi connectivity index (χ1) is 11.7. The Morgan fingerprint density at radius 1 is 1.04 bits per heavy atom. The van der Waals surface area contributed by atoms with Crippen LogP contribution in [0.2, 0.25) is 0 Å². The van der Waals surface area contributed by atoms with Gasteiger partial charge in [-0.15, -0.1) is 0 Å². The van der Waals surface area contributed by atoms with Gasteiger partial charge in [-0.3, -0.25) is 0 Å². The van der Waals surface area contributed by atoms with E-state index in [1.165, 1.54) is 25.7 Å². The number of carbonyl (C=O) groups is 1. The average molecular weight is 336 g/mol. The Labute approximate surface area is 149 Å². The minimum absolute atomic E-state index is 0.128. The number of urea groups is 1. The van der Waals surface area contributed by atoms with Crippen LogP contribution in [0.4, 0.5) is 10.5 Å². The van der Waals surface area contributed by atoms with Gasteiger partial charge in [0, 0.05) is 18.8 Å². The Hall–Kier alpha value is -1.55. The standard InChI is InChI=1S/C18H31N3O.C2H6/c1-4-6-12-21(13-7-5-2)14-11-19-18(22)20-17-10-8-9-16(3)15-17;1-2/h8-10,15H,4-7,11-14H2,1-3H3,(H2,19,20,22);1-2H3. The summed E-state index contributed by atoms with van der Waals surface area (Å²) >= 11 is 0. The zero-order chi connectivity index (χ0) is 18.2. The Bertz CT molecular complexity index is 427. The molecule has 0 heterocycles. The van der Waals surface area contributed by atoms with Crippen LogP contribution in [-0.2, 0) is 0 Å². The zero-order valence-corrected chi connectivity index (χ0v) is 16.3. The van der Waals surface area contributed by atoms with E-state index in [0.29, 0.717) is 6.54 Å². The highest BCUT2D eigenvalue weighted by atomic mass is 16.2. The lowest BCUT2D eigenvalue weighted by atomic mass is 10.2. The molecule has 0 aromatic heterocycles. The summed E-state index contributed by atoms with van der Waals surface area (Å²) in [6, 6.07) is 7.71. The van der Waals surface area contributed by atoms with E-state index < -0.39 is 0 Å². The number of unbranched alkanes of at least 4 members (excludes halogenated alkanes) is 2. The van der Waals surface area contributed by atoms with Gasteiger partial charge in [-0.1, -0.05) is 52.7 Å². The minimum Gasteiger partial charge on any atom is -0.337 e. The number of hydrogen-bond acceptors (Lipinski definition) is 2. The first-order valence-electron chi connectivity index (χ1n) is 9.49. The quantitative estimate of drug-likeness (QED) is 0.629. The van der Waals surface area contributed by atoms with Gasteiger partial charge < -0.3 is 15.5 Å². The van der Waals surface area contributed by atoms with Gasteiger partial charge in [0.15, 0.2) is 0 Å². The highest BCUT2D eigenvalue weighted by molar-refractivity contribution is 5.89. The van der Waals surface area contributed by atoms with E-state index in [0.717, 1.165) is 30.9 Å². The van der Waals surface area contributed by atoms with Crippen molar-refractivity contribution in [2.24, 2.45) is 0 Å². The molecule has 0 saturated heterocycles. The molecule has 0 aliphatic rings. The molecular formula is C20H37N3O. The molecule has 0 aliphatic heterocycles. The van der Waals surface area contributed by atoms with E-state index in [2.05, 4.69) is 29.4 Å². The van der Waals surface area contributed by atoms with Gasteiger partial charge in [0.05, 0.1) is 0 Å². The zero-order valence-electron chi connectivity index (χ0n) is 16.3. The summed E-state index contributed by atoms with van der Waals surface area (Å²) in [6.07, 6.45) is 4.87. The molecule has 0 atom stereocenters. The Balaban J connectivity index is 0.00000254. The first kappa shape index (κ1) is 22.4. The molecule has 0 aliphatic carbocycles. The average Bonchev–Trinajstić information content (AvgIpc) is 2.58. The molecule has 0 unspecified atom stereocenters. The second kappa shape index (κ2) is 15.0. The van der Waals surface area contributed by atoms with Crippen LogP contribution in [0.25, 0.3) is 0 Å². The first-order valence-corrected chi connectivity index (χ1v) is 9.49. The number of amides is 2. The van der Waals surface area contributed by atoms with Crippen molar-refractivity contribution in [1.29, 1.82) is 0 Å². The Kier molecular flexibility index (Phi) is 14.0. The fourth-order valence-corrected chi connectivity index (χ4v) is 2.32. The molecule has 0 radical (unpaired) electrons. The van der Waals surface area contributed by atoms with Crippen molar-refractivity contribution in [3.8, 4) is 0 Å². The highest BCUT2D eigenvalue weighted by Gasteiger charge is 2.05. The van der Waals surface area contributed by atoms with Crippen LogP contribution in [0.15, 0.2) is 24.3 Å². The van der Waals surface area contributed by atoms with Crippen molar-refractivity contribution < 1.29 is 4.79 Å². The minimum atomic E-state index is -0.128. The maximum atomic E-state index is 11.9. The van der Waals surface area contributed by atoms with Crippen LogP contribution < -0.4 is 10.6 Å². The molecular weight excluding hydrogens is 298 g/mol. The Morgan fingerprint density at radius 3 is 2.21 bits per heavy atom. The third-order valence-electron chi connectivity index (χ3n) is 3.65. The summed E-state index contributed by atoms with van der Waals surface area (Å²) in [5, 5.41) is 5.82. The normalized spacial score (nSPS) is 10.1. The van der Waals surface area contributed by atoms with Crippen LogP contribution in [0.1, 0.15) is 58.9 Å². The van der Waals surface area contributed by atoms with Crippen LogP contribution in [-0.4, -0.2) is 37.1 Å². The molecule has 2 N–H and O–H groups in total. The fraction of sp³-hybridized carbons (Fsp3) is 0.650. The van der Waals surface area contributed by atoms with Crippen molar-refractivity contribution in [2.45, 2.75) is 60.3 Å². The van der Waals surface area contributed by atoms with E-state index in [4.69, 9.17) is 0 Å². The number of aryl methyl sites for hydroxylation is 1. The number of rotatable bonds is 10. The molecule has 4 heteroatoms. The van der Waals surface area contributed by atoms with Crippen LogP contribution in [0.5, 0.6) is 0 Å². The SMILES string of the molecule is CC.CCCCN(CCCC)CCNC(=O)Nc1cccc(C)c1. The van der Waals surface area contributed by atoms with Crippen molar-refractivity contribution in [1.82, 2.24) is 10.2 Å². The number of nitrogens with zero attached hydrogens (tertiary/aromatic N) is 1. The highest BCUT2D eigenvalue weighted by Crippen LogP contribution is 2.08. The smallest absolute Gasteiger partial charge is 0.319 e. The van der Waals surface area contributed by atoms with Gasteiger partial charge in [-0.25, -0.2) is 4.79 Å². The van der Waals surface area contributed by atoms with Crippen molar-refractivity contribution in [3.63, 3.8) is 0 Å². The predicted molar refractivity (Wildman–Crippen MR) is 106 cm³/mol. The molecule has 2 amide bonds. The molecule has 0 bridgehead atoms. The summed E-state index contributed by atoms with van der Waals surface area (Å²) in [6.45, 7) is 14.3. The summed E-state index contributed by atoms with van der Waals surface area (Å²) < 4.78 is 0. The summed E-state index contributed by atoms with van der Waals surface area (Å²) in [7, 11) is 0. The Morgan fingerprint density at radius 2 is 1.67 bits per heavy atom. The van der Waals surface area contributed by atoms with Crippen LogP contribution >= 0.6 is 0 Å². The lowest BCUT2D eigenvalue weighted by Gasteiger charge is -2.22. The van der Waals surface area contributed by atoms with E-state index in [1.807, 2.05) is 45.0 Å². The second-order valence-corrected chi connectivity index (χ2v) is 5.80. The number of nitrogens with one attached hydrogen (secondary N) is 2. The predicted octanol–water partition coefficient (Wildman–Crippen LogP) is 5.04. The largest absolute Gasteiger partial charge is 0.337 e. The van der Waals surface area contributed by atoms with Gasteiger partial charge in [0.25, 0.3) is 0 Å². The third kappa shape index (κ3) is 11.1. The van der Waals surface area contributed by atoms with E-state index in [-0.39, 0.29) is 6.03 Å². The monoisotopic (exact) mass is 335 g/mol. The van der Waals surface area contributed by atoms with E-state index in [9.17, 15) is 4.79 Å². The van der Waals surface area contributed by atoms with Crippen LogP contribution in [0, 0.1) is 6.92 Å². The molecule has 0 saturated carbocycles. The number of benzene rings is 1.